The molecule has 1 aliphatic heterocycles. The molecule has 1 aliphatic rings. The van der Waals surface area contributed by atoms with Crippen LogP contribution in [0.2, 0.25) is 0 Å². The predicted octanol–water partition coefficient (Wildman–Crippen LogP) is 3.72. The van der Waals surface area contributed by atoms with E-state index in [-0.39, 0.29) is 0 Å². The Morgan fingerprint density at radius 3 is 2.83 bits per heavy atom. The predicted molar refractivity (Wildman–Crippen MR) is 83.2 cm³/mol. The Morgan fingerprint density at radius 2 is 2.17 bits per heavy atom. The summed E-state index contributed by atoms with van der Waals surface area (Å²) in [6, 6.07) is 2.20. The normalized spacial score (nSPS) is 19.0. The maximum absolute atomic E-state index is 3.56. The summed E-state index contributed by atoms with van der Waals surface area (Å²) in [7, 11) is 0. The van der Waals surface area contributed by atoms with E-state index in [0.717, 1.165) is 19.0 Å². The molecule has 0 saturated carbocycles. The van der Waals surface area contributed by atoms with Crippen molar-refractivity contribution in [1.29, 1.82) is 0 Å². The Hall–Kier alpha value is 0.1000. The molecule has 1 saturated heterocycles. The second-order valence-electron chi connectivity index (χ2n) is 5.36. The van der Waals surface area contributed by atoms with Crippen LogP contribution < -0.4 is 5.32 Å². The minimum absolute atomic E-state index is 0.741. The average Bonchev–Trinajstić information content (AvgIpc) is 2.76. The van der Waals surface area contributed by atoms with Crippen molar-refractivity contribution >= 4 is 27.3 Å². The summed E-state index contributed by atoms with van der Waals surface area (Å²) in [6.45, 7) is 8.32. The minimum Gasteiger partial charge on any atom is -0.312 e. The van der Waals surface area contributed by atoms with Crippen LogP contribution in [-0.2, 0) is 6.54 Å². The largest absolute Gasteiger partial charge is 0.312 e. The Bertz CT molecular complexity index is 347. The molecule has 102 valence electrons. The van der Waals surface area contributed by atoms with E-state index < -0.39 is 0 Å². The number of halogens is 1. The van der Waals surface area contributed by atoms with Crippen molar-refractivity contribution in [1.82, 2.24) is 10.2 Å². The van der Waals surface area contributed by atoms with Gasteiger partial charge in [-0.1, -0.05) is 13.3 Å². The van der Waals surface area contributed by atoms with Crippen LogP contribution in [0.15, 0.2) is 15.2 Å². The molecule has 2 nitrogen and oxygen atoms in total. The number of nitrogens with zero attached hydrogens (tertiary/aromatic N) is 1. The number of piperidine rings is 1. The van der Waals surface area contributed by atoms with Gasteiger partial charge in [0.25, 0.3) is 0 Å². The van der Waals surface area contributed by atoms with Gasteiger partial charge in [-0.15, -0.1) is 11.3 Å². The molecule has 0 radical (unpaired) electrons. The van der Waals surface area contributed by atoms with Gasteiger partial charge in [0, 0.05) is 13.1 Å². The first-order valence-electron chi connectivity index (χ1n) is 6.90. The molecule has 0 aliphatic carbocycles. The van der Waals surface area contributed by atoms with Gasteiger partial charge in [-0.3, -0.25) is 0 Å². The third-order valence-electron chi connectivity index (χ3n) is 3.46. The van der Waals surface area contributed by atoms with Gasteiger partial charge in [0.1, 0.15) is 0 Å². The van der Waals surface area contributed by atoms with E-state index in [0.29, 0.717) is 0 Å². The number of likely N-dealkylation sites (tertiary alicyclic amines) is 1. The molecule has 1 atom stereocenters. The monoisotopic (exact) mass is 330 g/mol. The van der Waals surface area contributed by atoms with Crippen LogP contribution in [0.25, 0.3) is 0 Å². The molecular weight excluding hydrogens is 308 g/mol. The highest BCUT2D eigenvalue weighted by molar-refractivity contribution is 9.11. The fourth-order valence-electron chi connectivity index (χ4n) is 2.55. The van der Waals surface area contributed by atoms with Crippen LogP contribution in [0, 0.1) is 5.92 Å². The molecule has 0 spiro atoms. The zero-order valence-electron chi connectivity index (χ0n) is 11.1. The summed E-state index contributed by atoms with van der Waals surface area (Å²) in [6.07, 6.45) is 4.21. The van der Waals surface area contributed by atoms with Gasteiger partial charge in [-0.05, 0) is 71.3 Å². The van der Waals surface area contributed by atoms with Crippen LogP contribution in [0.5, 0.6) is 0 Å². The van der Waals surface area contributed by atoms with E-state index in [4.69, 9.17) is 0 Å². The smallest absolute Gasteiger partial charge is 0.0701 e. The van der Waals surface area contributed by atoms with Crippen LogP contribution >= 0.6 is 27.3 Å². The molecule has 4 heteroatoms. The zero-order valence-corrected chi connectivity index (χ0v) is 13.5. The molecule has 1 aromatic rings. The molecule has 0 amide bonds. The summed E-state index contributed by atoms with van der Waals surface area (Å²) >= 11 is 5.26. The molecule has 0 bridgehead atoms. The molecule has 2 rings (SSSR count). The van der Waals surface area contributed by atoms with E-state index in [1.165, 1.54) is 48.2 Å². The number of hydrogen-bond acceptors (Lipinski definition) is 3. The highest BCUT2D eigenvalue weighted by atomic mass is 79.9. The lowest BCUT2D eigenvalue weighted by atomic mass is 10.1. The number of hydrogen-bond donors (Lipinski definition) is 1. The summed E-state index contributed by atoms with van der Waals surface area (Å²) in [5, 5.41) is 5.78. The second kappa shape index (κ2) is 7.63. The molecule has 1 fully saturated rings. The summed E-state index contributed by atoms with van der Waals surface area (Å²) in [5.41, 5.74) is 1.39. The zero-order chi connectivity index (χ0) is 12.8. The third kappa shape index (κ3) is 5.00. The fraction of sp³-hybridized carbons (Fsp3) is 0.714. The molecule has 0 aromatic carbocycles. The molecule has 1 N–H and O–H groups in total. The van der Waals surface area contributed by atoms with Gasteiger partial charge in [0.15, 0.2) is 0 Å². The van der Waals surface area contributed by atoms with E-state index >= 15 is 0 Å². The van der Waals surface area contributed by atoms with Gasteiger partial charge in [0.2, 0.25) is 0 Å². The van der Waals surface area contributed by atoms with Crippen molar-refractivity contribution in [2.75, 3.05) is 26.2 Å². The standard InChI is InChI=1S/C14H23BrN2S/c1-12(10-17-5-3-2-4-6-17)8-16-9-13-7-14(15)18-11-13/h7,11-12,16H,2-6,8-10H2,1H3. The highest BCUT2D eigenvalue weighted by Crippen LogP contribution is 2.20. The maximum Gasteiger partial charge on any atom is 0.0701 e. The quantitative estimate of drug-likeness (QED) is 0.855. The van der Waals surface area contributed by atoms with Crippen LogP contribution in [0.1, 0.15) is 31.7 Å². The Labute approximate surface area is 123 Å². The Balaban J connectivity index is 1.60. The van der Waals surface area contributed by atoms with Crippen LogP contribution in [0.4, 0.5) is 0 Å². The Morgan fingerprint density at radius 1 is 1.39 bits per heavy atom. The van der Waals surface area contributed by atoms with Gasteiger partial charge in [0.05, 0.1) is 3.79 Å². The first kappa shape index (κ1) is 14.5. The maximum atomic E-state index is 3.56. The highest BCUT2D eigenvalue weighted by Gasteiger charge is 2.13. The summed E-state index contributed by atoms with van der Waals surface area (Å²) < 4.78 is 1.22. The van der Waals surface area contributed by atoms with Crippen LogP contribution in [0.3, 0.4) is 0 Å². The van der Waals surface area contributed by atoms with Crippen molar-refractivity contribution in [3.05, 3.63) is 20.8 Å². The SMILES string of the molecule is CC(CNCc1csc(Br)c1)CN1CCCCC1. The van der Waals surface area contributed by atoms with Gasteiger partial charge >= 0.3 is 0 Å². The minimum atomic E-state index is 0.741. The molecular formula is C14H23BrN2S. The van der Waals surface area contributed by atoms with E-state index in [9.17, 15) is 0 Å². The average molecular weight is 331 g/mol. The van der Waals surface area contributed by atoms with Crippen molar-refractivity contribution in [2.45, 2.75) is 32.7 Å². The summed E-state index contributed by atoms with van der Waals surface area (Å²) in [5.74, 6) is 0.741. The molecule has 1 aromatic heterocycles. The first-order valence-corrected chi connectivity index (χ1v) is 8.57. The molecule has 2 heterocycles. The van der Waals surface area contributed by atoms with Gasteiger partial charge < -0.3 is 10.2 Å². The lowest BCUT2D eigenvalue weighted by molar-refractivity contribution is 0.199. The van der Waals surface area contributed by atoms with Crippen LogP contribution in [-0.4, -0.2) is 31.1 Å². The number of nitrogens with one attached hydrogen (secondary N) is 1. The Kier molecular flexibility index (Phi) is 6.15. The third-order valence-corrected chi connectivity index (χ3v) is 5.02. The topological polar surface area (TPSA) is 15.3 Å². The lowest BCUT2D eigenvalue weighted by Crippen LogP contribution is -2.36. The van der Waals surface area contributed by atoms with E-state index in [1.54, 1.807) is 11.3 Å². The fourth-order valence-corrected chi connectivity index (χ4v) is 3.76. The number of thiophene rings is 1. The van der Waals surface area contributed by atoms with Gasteiger partial charge in [-0.25, -0.2) is 0 Å². The molecule has 18 heavy (non-hydrogen) atoms. The van der Waals surface area contributed by atoms with Crippen molar-refractivity contribution in [3.8, 4) is 0 Å². The van der Waals surface area contributed by atoms with E-state index in [1.807, 2.05) is 0 Å². The number of rotatable bonds is 6. The molecule has 1 unspecified atom stereocenters. The lowest BCUT2D eigenvalue weighted by Gasteiger charge is -2.29. The van der Waals surface area contributed by atoms with E-state index in [2.05, 4.69) is 44.5 Å². The van der Waals surface area contributed by atoms with Crippen molar-refractivity contribution < 1.29 is 0 Å². The van der Waals surface area contributed by atoms with Gasteiger partial charge in [-0.2, -0.15) is 0 Å². The first-order chi connectivity index (χ1) is 8.74. The van der Waals surface area contributed by atoms with Crippen molar-refractivity contribution in [2.24, 2.45) is 5.92 Å². The summed E-state index contributed by atoms with van der Waals surface area (Å²) in [4.78, 5) is 2.62. The second-order valence-corrected chi connectivity index (χ2v) is 7.65. The van der Waals surface area contributed by atoms with Crippen molar-refractivity contribution in [3.63, 3.8) is 0 Å².